The van der Waals surface area contributed by atoms with Crippen LogP contribution in [0.1, 0.15) is 112 Å². The van der Waals surface area contributed by atoms with Crippen LogP contribution in [0.25, 0.3) is 0 Å². The number of pyridine rings is 1. The minimum absolute atomic E-state index is 0.119. The van der Waals surface area contributed by atoms with Gasteiger partial charge in [0.2, 0.25) is 0 Å². The third-order valence-corrected chi connectivity index (χ3v) is 14.0. The van der Waals surface area contributed by atoms with Crippen molar-refractivity contribution in [1.82, 2.24) is 20.1 Å². The zero-order valence-electron chi connectivity index (χ0n) is 40.9. The maximum Gasteiger partial charge on any atom is 0.311 e. The number of ether oxygens (including phenoxy) is 7. The van der Waals surface area contributed by atoms with Crippen LogP contribution in [0, 0.1) is 17.8 Å². The molecule has 0 spiro atoms. The SMILES string of the molecule is CC[C@H]1OC(=O)[C@H](C)[C@@H](O[C@H]2C[C@@](C)(OC)[C@@H](O)[C@H](C)O2)[C@H](C)[C@@H](O[C@@H]2O[C@H](C)C[C@H](N(C)C)[C@H]2OCCCNC(=O)c2cccnc2)[C@](C)(O)C[C@@H](C)CN(C)[C@H](C)[C@@H](O)[C@]1(C)O. The number of rotatable bonds is 13. The Labute approximate surface area is 381 Å². The number of aliphatic hydroxyl groups excluding tert-OH is 2. The summed E-state index contributed by atoms with van der Waals surface area (Å²) in [7, 11) is 7.30. The van der Waals surface area contributed by atoms with E-state index in [-0.39, 0.29) is 49.8 Å². The maximum absolute atomic E-state index is 14.5. The number of likely N-dealkylation sites (N-methyl/N-ethyl adjacent to an activating group) is 2. The number of nitrogens with one attached hydrogen (secondary N) is 1. The van der Waals surface area contributed by atoms with Crippen LogP contribution in [0.15, 0.2) is 24.5 Å². The zero-order chi connectivity index (χ0) is 47.9. The van der Waals surface area contributed by atoms with Gasteiger partial charge in [-0.15, -0.1) is 0 Å². The lowest BCUT2D eigenvalue weighted by atomic mass is 9.77. The van der Waals surface area contributed by atoms with Gasteiger partial charge in [-0.05, 0) is 113 Å². The number of aliphatic hydroxyl groups is 4. The number of hydrogen-bond acceptors (Lipinski definition) is 16. The van der Waals surface area contributed by atoms with Crippen LogP contribution in [0.5, 0.6) is 0 Å². The predicted octanol–water partition coefficient (Wildman–Crippen LogP) is 3.14. The van der Waals surface area contributed by atoms with Crippen molar-refractivity contribution < 1.29 is 63.2 Å². The molecule has 1 aromatic rings. The van der Waals surface area contributed by atoms with E-state index in [4.69, 9.17) is 33.2 Å². The van der Waals surface area contributed by atoms with Crippen molar-refractivity contribution in [3.8, 4) is 0 Å². The Bertz CT molecular complexity index is 1610. The molecule has 64 heavy (non-hydrogen) atoms. The third-order valence-electron chi connectivity index (χ3n) is 14.0. The molecule has 3 saturated heterocycles. The van der Waals surface area contributed by atoms with Gasteiger partial charge in [0.05, 0.1) is 47.1 Å². The van der Waals surface area contributed by atoms with Gasteiger partial charge < -0.3 is 68.7 Å². The molecule has 3 aliphatic heterocycles. The van der Waals surface area contributed by atoms with Gasteiger partial charge in [-0.1, -0.05) is 20.8 Å². The number of aromatic nitrogens is 1. The molecular formula is C47H82N4O13. The Hall–Kier alpha value is -2.39. The second kappa shape index (κ2) is 23.1. The van der Waals surface area contributed by atoms with Crippen molar-refractivity contribution in [3.63, 3.8) is 0 Å². The topological polar surface area (TPSA) is 211 Å². The smallest absolute Gasteiger partial charge is 0.311 e. The van der Waals surface area contributed by atoms with Gasteiger partial charge >= 0.3 is 5.97 Å². The van der Waals surface area contributed by atoms with Gasteiger partial charge in [-0.25, -0.2) is 0 Å². The Kier molecular flexibility index (Phi) is 19.5. The van der Waals surface area contributed by atoms with Crippen molar-refractivity contribution in [3.05, 3.63) is 30.1 Å². The zero-order valence-corrected chi connectivity index (χ0v) is 40.9. The summed E-state index contributed by atoms with van der Waals surface area (Å²) in [6.45, 7) is 18.8. The molecule has 0 saturated carbocycles. The molecule has 17 nitrogen and oxygen atoms in total. The average Bonchev–Trinajstić information content (AvgIpc) is 3.24. The summed E-state index contributed by atoms with van der Waals surface area (Å²) in [5, 5.41) is 50.4. The number of carbonyl (C=O) groups excluding carboxylic acids is 2. The quantitative estimate of drug-likeness (QED) is 0.142. The van der Waals surface area contributed by atoms with E-state index in [9.17, 15) is 30.0 Å². The van der Waals surface area contributed by atoms with E-state index in [1.807, 2.05) is 53.7 Å². The molecule has 4 rings (SSSR count). The standard InChI is InChI=1S/C47H82N4O13/c1-15-35-47(10,57)39(52)31(6)51(13)26-27(2)23-45(8,56)41(29(4)37(30(5)43(55)62-35)63-36-24-46(9,58-14)40(53)32(7)61-36)64-44-38(34(50(11)12)22-28(3)60-44)59-21-17-20-49-42(54)33-18-16-19-48-25-33/h16,18-19,25,27-32,34-41,44,52-53,56-57H,15,17,20-24,26H2,1-14H3,(H,49,54)/t27-,28-,29+,30-,31-,32+,34+,35-,36+,37+,38-,39-,40+,41-,44+,45-,46-,47-/m1/s1. The Morgan fingerprint density at radius 3 is 2.31 bits per heavy atom. The highest BCUT2D eigenvalue weighted by molar-refractivity contribution is 5.93. The van der Waals surface area contributed by atoms with E-state index < -0.39 is 96.0 Å². The molecule has 0 bridgehead atoms. The molecule has 0 aliphatic carbocycles. The van der Waals surface area contributed by atoms with Crippen molar-refractivity contribution in [2.75, 3.05) is 47.9 Å². The summed E-state index contributed by atoms with van der Waals surface area (Å²) >= 11 is 0. The predicted molar refractivity (Wildman–Crippen MR) is 239 cm³/mol. The monoisotopic (exact) mass is 911 g/mol. The maximum atomic E-state index is 14.5. The largest absolute Gasteiger partial charge is 0.459 e. The van der Waals surface area contributed by atoms with Crippen molar-refractivity contribution >= 4 is 11.9 Å². The first kappa shape index (κ1) is 54.2. The van der Waals surface area contributed by atoms with Crippen LogP contribution in [0.4, 0.5) is 0 Å². The van der Waals surface area contributed by atoms with Gasteiger partial charge in [-0.3, -0.25) is 14.6 Å². The first-order valence-electron chi connectivity index (χ1n) is 23.2. The highest BCUT2D eigenvalue weighted by Crippen LogP contribution is 2.40. The summed E-state index contributed by atoms with van der Waals surface area (Å²) in [6, 6.07) is 2.69. The minimum Gasteiger partial charge on any atom is -0.459 e. The van der Waals surface area contributed by atoms with Crippen molar-refractivity contribution in [1.29, 1.82) is 0 Å². The van der Waals surface area contributed by atoms with Crippen molar-refractivity contribution in [2.45, 2.75) is 192 Å². The van der Waals surface area contributed by atoms with Crippen LogP contribution < -0.4 is 5.32 Å². The molecule has 0 unspecified atom stereocenters. The molecule has 18 atom stereocenters. The molecule has 17 heteroatoms. The van der Waals surface area contributed by atoms with Crippen LogP contribution in [-0.4, -0.2) is 185 Å². The molecule has 4 heterocycles. The van der Waals surface area contributed by atoms with Crippen LogP contribution >= 0.6 is 0 Å². The molecule has 3 fully saturated rings. The Morgan fingerprint density at radius 2 is 1.70 bits per heavy atom. The van der Waals surface area contributed by atoms with E-state index >= 15 is 0 Å². The average molecular weight is 911 g/mol. The summed E-state index contributed by atoms with van der Waals surface area (Å²) in [5.74, 6) is -2.89. The number of methoxy groups -OCH3 is 1. The lowest BCUT2D eigenvalue weighted by molar-refractivity contribution is -0.321. The molecule has 5 N–H and O–H groups in total. The van der Waals surface area contributed by atoms with E-state index in [0.29, 0.717) is 31.5 Å². The molecule has 1 aromatic heterocycles. The normalized spacial score (nSPS) is 42.4. The van der Waals surface area contributed by atoms with Gasteiger partial charge in [0, 0.05) is 63.6 Å². The fraction of sp³-hybridized carbons (Fsp3) is 0.851. The number of carbonyl (C=O) groups is 2. The summed E-state index contributed by atoms with van der Waals surface area (Å²) < 4.78 is 45.3. The molecule has 0 aromatic carbocycles. The Balaban J connectivity index is 1.76. The summed E-state index contributed by atoms with van der Waals surface area (Å²) in [4.78, 5) is 35.2. The van der Waals surface area contributed by atoms with Crippen LogP contribution in [0.2, 0.25) is 0 Å². The van der Waals surface area contributed by atoms with Gasteiger partial charge in [-0.2, -0.15) is 0 Å². The number of hydrogen-bond donors (Lipinski definition) is 5. The van der Waals surface area contributed by atoms with Crippen molar-refractivity contribution in [2.24, 2.45) is 17.8 Å². The highest BCUT2D eigenvalue weighted by Gasteiger charge is 2.53. The molecule has 0 radical (unpaired) electrons. The molecule has 1 amide bonds. The second-order valence-electron chi connectivity index (χ2n) is 19.9. The number of cyclic esters (lactones) is 1. The molecular weight excluding hydrogens is 829 g/mol. The lowest BCUT2D eigenvalue weighted by Gasteiger charge is -2.49. The van der Waals surface area contributed by atoms with Crippen LogP contribution in [0.3, 0.4) is 0 Å². The second-order valence-corrected chi connectivity index (χ2v) is 19.9. The fourth-order valence-electron chi connectivity index (χ4n) is 10.00. The Morgan fingerprint density at radius 1 is 1.02 bits per heavy atom. The number of nitrogens with zero attached hydrogens (tertiary/aromatic N) is 3. The molecule has 3 aliphatic rings. The van der Waals surface area contributed by atoms with Gasteiger partial charge in [0.15, 0.2) is 12.6 Å². The molecule has 368 valence electrons. The van der Waals surface area contributed by atoms with E-state index in [1.54, 1.807) is 52.9 Å². The summed E-state index contributed by atoms with van der Waals surface area (Å²) in [5.41, 5.74) is -3.99. The lowest BCUT2D eigenvalue weighted by Crippen LogP contribution is -2.61. The van der Waals surface area contributed by atoms with Gasteiger partial charge in [0.1, 0.15) is 30.0 Å². The number of esters is 1. The van der Waals surface area contributed by atoms with E-state index in [0.717, 1.165) is 0 Å². The summed E-state index contributed by atoms with van der Waals surface area (Å²) in [6.07, 6.45) is -4.16. The van der Waals surface area contributed by atoms with Crippen LogP contribution in [-0.2, 0) is 38.0 Å². The third kappa shape index (κ3) is 13.2. The highest BCUT2D eigenvalue weighted by atomic mass is 16.7. The van der Waals surface area contributed by atoms with E-state index in [2.05, 4.69) is 15.2 Å². The first-order chi connectivity index (χ1) is 29.9. The van der Waals surface area contributed by atoms with Gasteiger partial charge in [0.25, 0.3) is 5.91 Å². The fourth-order valence-corrected chi connectivity index (χ4v) is 10.00. The first-order valence-corrected chi connectivity index (χ1v) is 23.2. The number of amides is 1. The van der Waals surface area contributed by atoms with E-state index in [1.165, 1.54) is 20.2 Å². The minimum atomic E-state index is -1.82.